The zero-order valence-electron chi connectivity index (χ0n) is 16.8. The summed E-state index contributed by atoms with van der Waals surface area (Å²) in [6, 6.07) is 28.0. The van der Waals surface area contributed by atoms with Gasteiger partial charge in [-0.3, -0.25) is 0 Å². The lowest BCUT2D eigenvalue weighted by Crippen LogP contribution is -2.27. The minimum Gasteiger partial charge on any atom is -0.494 e. The van der Waals surface area contributed by atoms with E-state index in [0.717, 1.165) is 17.1 Å². The van der Waals surface area contributed by atoms with E-state index in [0.29, 0.717) is 13.2 Å². The first-order valence-electron chi connectivity index (χ1n) is 9.70. The largest absolute Gasteiger partial charge is 0.494 e. The summed E-state index contributed by atoms with van der Waals surface area (Å²) < 4.78 is 18.0. The SMILES string of the molecule is CCOc1ccc(C(C)(C)COC(Oc2ccccc2)c2ccccc2)cc1. The van der Waals surface area contributed by atoms with Crippen LogP contribution in [0.5, 0.6) is 11.5 Å². The molecule has 0 saturated carbocycles. The molecule has 146 valence electrons. The van der Waals surface area contributed by atoms with Gasteiger partial charge in [-0.15, -0.1) is 0 Å². The molecule has 3 aromatic carbocycles. The van der Waals surface area contributed by atoms with Gasteiger partial charge in [0, 0.05) is 11.0 Å². The van der Waals surface area contributed by atoms with Gasteiger partial charge in [0.15, 0.2) is 0 Å². The average molecular weight is 376 g/mol. The molecular formula is C25H28O3. The van der Waals surface area contributed by atoms with Crippen molar-refractivity contribution in [2.75, 3.05) is 13.2 Å². The van der Waals surface area contributed by atoms with Crippen LogP contribution in [0.15, 0.2) is 84.9 Å². The highest BCUT2D eigenvalue weighted by Gasteiger charge is 2.24. The van der Waals surface area contributed by atoms with Crippen LogP contribution in [0.3, 0.4) is 0 Å². The summed E-state index contributed by atoms with van der Waals surface area (Å²) in [4.78, 5) is 0. The molecule has 3 aromatic rings. The van der Waals surface area contributed by atoms with Gasteiger partial charge in [0.25, 0.3) is 0 Å². The maximum Gasteiger partial charge on any atom is 0.226 e. The molecule has 0 heterocycles. The van der Waals surface area contributed by atoms with Crippen LogP contribution in [0.2, 0.25) is 0 Å². The van der Waals surface area contributed by atoms with Crippen LogP contribution in [0.4, 0.5) is 0 Å². The Morgan fingerprint density at radius 1 is 0.750 bits per heavy atom. The summed E-state index contributed by atoms with van der Waals surface area (Å²) in [5, 5.41) is 0. The van der Waals surface area contributed by atoms with E-state index in [1.165, 1.54) is 5.56 Å². The zero-order chi connectivity index (χ0) is 19.8. The van der Waals surface area contributed by atoms with Crippen LogP contribution in [0.25, 0.3) is 0 Å². The van der Waals surface area contributed by atoms with Gasteiger partial charge in [0.1, 0.15) is 11.5 Å². The van der Waals surface area contributed by atoms with E-state index >= 15 is 0 Å². The fraction of sp³-hybridized carbons (Fsp3) is 0.280. The van der Waals surface area contributed by atoms with Crippen molar-refractivity contribution in [3.8, 4) is 11.5 Å². The van der Waals surface area contributed by atoms with Crippen molar-refractivity contribution < 1.29 is 14.2 Å². The predicted octanol–water partition coefficient (Wildman–Crippen LogP) is 6.16. The Balaban J connectivity index is 1.73. The van der Waals surface area contributed by atoms with Gasteiger partial charge < -0.3 is 14.2 Å². The van der Waals surface area contributed by atoms with E-state index in [-0.39, 0.29) is 5.41 Å². The molecule has 3 heteroatoms. The predicted molar refractivity (Wildman–Crippen MR) is 113 cm³/mol. The molecule has 3 rings (SSSR count). The molecule has 1 atom stereocenters. The lowest BCUT2D eigenvalue weighted by atomic mass is 9.85. The average Bonchev–Trinajstić information content (AvgIpc) is 2.73. The summed E-state index contributed by atoms with van der Waals surface area (Å²) in [5.41, 5.74) is 2.02. The second-order valence-corrected chi connectivity index (χ2v) is 7.33. The van der Waals surface area contributed by atoms with Gasteiger partial charge in [-0.2, -0.15) is 0 Å². The van der Waals surface area contributed by atoms with Crippen molar-refractivity contribution in [3.05, 3.63) is 96.1 Å². The summed E-state index contributed by atoms with van der Waals surface area (Å²) in [6.07, 6.45) is -0.467. The van der Waals surface area contributed by atoms with Crippen LogP contribution >= 0.6 is 0 Å². The van der Waals surface area contributed by atoms with Crippen molar-refractivity contribution in [1.29, 1.82) is 0 Å². The van der Waals surface area contributed by atoms with Gasteiger partial charge in [-0.25, -0.2) is 0 Å². The highest BCUT2D eigenvalue weighted by atomic mass is 16.7. The van der Waals surface area contributed by atoms with Gasteiger partial charge >= 0.3 is 0 Å². The summed E-state index contributed by atoms with van der Waals surface area (Å²) in [5.74, 6) is 1.67. The number of hydrogen-bond acceptors (Lipinski definition) is 3. The molecule has 28 heavy (non-hydrogen) atoms. The van der Waals surface area contributed by atoms with Crippen LogP contribution in [-0.4, -0.2) is 13.2 Å². The molecule has 0 bridgehead atoms. The van der Waals surface area contributed by atoms with Crippen molar-refractivity contribution in [3.63, 3.8) is 0 Å². The topological polar surface area (TPSA) is 27.7 Å². The van der Waals surface area contributed by atoms with Crippen molar-refractivity contribution >= 4 is 0 Å². The smallest absolute Gasteiger partial charge is 0.226 e. The molecule has 0 fully saturated rings. The molecule has 0 aromatic heterocycles. The van der Waals surface area contributed by atoms with Crippen LogP contribution in [0, 0.1) is 0 Å². The molecule has 0 amide bonds. The Kier molecular flexibility index (Phi) is 6.72. The first-order chi connectivity index (χ1) is 13.6. The van der Waals surface area contributed by atoms with Gasteiger partial charge in [0.2, 0.25) is 6.29 Å². The van der Waals surface area contributed by atoms with Crippen molar-refractivity contribution in [1.82, 2.24) is 0 Å². The monoisotopic (exact) mass is 376 g/mol. The minimum atomic E-state index is -0.467. The van der Waals surface area contributed by atoms with E-state index in [4.69, 9.17) is 14.2 Å². The molecule has 0 spiro atoms. The van der Waals surface area contributed by atoms with Crippen LogP contribution < -0.4 is 9.47 Å². The van der Waals surface area contributed by atoms with E-state index in [1.54, 1.807) is 0 Å². The molecule has 0 radical (unpaired) electrons. The number of para-hydroxylation sites is 1. The zero-order valence-corrected chi connectivity index (χ0v) is 16.8. The van der Waals surface area contributed by atoms with Crippen LogP contribution in [-0.2, 0) is 10.2 Å². The Labute approximate surface area is 167 Å². The summed E-state index contributed by atoms with van der Waals surface area (Å²) >= 11 is 0. The highest BCUT2D eigenvalue weighted by molar-refractivity contribution is 5.32. The fourth-order valence-corrected chi connectivity index (χ4v) is 2.97. The van der Waals surface area contributed by atoms with E-state index < -0.39 is 6.29 Å². The maximum absolute atomic E-state index is 6.28. The van der Waals surface area contributed by atoms with Crippen molar-refractivity contribution in [2.45, 2.75) is 32.5 Å². The molecule has 0 saturated heterocycles. The van der Waals surface area contributed by atoms with Gasteiger partial charge in [0.05, 0.1) is 13.2 Å². The maximum atomic E-state index is 6.28. The molecule has 3 nitrogen and oxygen atoms in total. The number of benzene rings is 3. The first-order valence-corrected chi connectivity index (χ1v) is 9.70. The van der Waals surface area contributed by atoms with Crippen LogP contribution in [0.1, 0.15) is 38.2 Å². The number of hydrogen-bond donors (Lipinski definition) is 0. The van der Waals surface area contributed by atoms with Crippen molar-refractivity contribution in [2.24, 2.45) is 0 Å². The standard InChI is InChI=1S/C25H28O3/c1-4-26-22-17-15-21(16-18-22)25(2,3)19-27-24(20-11-7-5-8-12-20)28-23-13-9-6-10-14-23/h5-18,24H,4,19H2,1-3H3. The third kappa shape index (κ3) is 5.37. The Bertz CT molecular complexity index is 827. The molecular weight excluding hydrogens is 348 g/mol. The normalized spacial score (nSPS) is 12.4. The van der Waals surface area contributed by atoms with Gasteiger partial charge in [-0.1, -0.05) is 74.5 Å². The second-order valence-electron chi connectivity index (χ2n) is 7.33. The van der Waals surface area contributed by atoms with E-state index in [2.05, 4.69) is 26.0 Å². The quantitative estimate of drug-likeness (QED) is 0.419. The molecule has 0 aliphatic carbocycles. The molecule has 0 aliphatic rings. The molecule has 0 aliphatic heterocycles. The van der Waals surface area contributed by atoms with Gasteiger partial charge in [-0.05, 0) is 36.8 Å². The van der Waals surface area contributed by atoms with E-state index in [1.807, 2.05) is 79.7 Å². The summed E-state index contributed by atoms with van der Waals surface area (Å²) in [6.45, 7) is 7.53. The minimum absolute atomic E-state index is 0.169. The molecule has 0 N–H and O–H groups in total. The first kappa shape index (κ1) is 20.0. The lowest BCUT2D eigenvalue weighted by Gasteiger charge is -2.29. The third-order valence-corrected chi connectivity index (χ3v) is 4.60. The molecule has 1 unspecified atom stereocenters. The Morgan fingerprint density at radius 3 is 1.96 bits per heavy atom. The second kappa shape index (κ2) is 9.43. The fourth-order valence-electron chi connectivity index (χ4n) is 2.97. The Hall–Kier alpha value is -2.78. The number of rotatable bonds is 9. The summed E-state index contributed by atoms with van der Waals surface area (Å²) in [7, 11) is 0. The highest BCUT2D eigenvalue weighted by Crippen LogP contribution is 2.29. The third-order valence-electron chi connectivity index (χ3n) is 4.60. The number of ether oxygens (including phenoxy) is 3. The van der Waals surface area contributed by atoms with E-state index in [9.17, 15) is 0 Å². The lowest BCUT2D eigenvalue weighted by molar-refractivity contribution is -0.0970. The Morgan fingerprint density at radius 2 is 1.36 bits per heavy atom.